The van der Waals surface area contributed by atoms with Gasteiger partial charge in [-0.2, -0.15) is 0 Å². The highest BCUT2D eigenvalue weighted by atomic mass is 16.6. The van der Waals surface area contributed by atoms with Gasteiger partial charge >= 0.3 is 11.9 Å². The van der Waals surface area contributed by atoms with E-state index in [-0.39, 0.29) is 23.8 Å². The smallest absolute Gasteiger partial charge is 0.340 e. The predicted molar refractivity (Wildman–Crippen MR) is 90.1 cm³/mol. The number of esters is 2. The zero-order chi connectivity index (χ0) is 19.7. The van der Waals surface area contributed by atoms with Crippen LogP contribution in [0.25, 0.3) is 0 Å². The molecule has 0 unspecified atom stereocenters. The van der Waals surface area contributed by atoms with Crippen molar-refractivity contribution in [2.75, 3.05) is 13.2 Å². The van der Waals surface area contributed by atoms with E-state index in [1.165, 1.54) is 0 Å². The van der Waals surface area contributed by atoms with Crippen LogP contribution in [0.2, 0.25) is 0 Å². The van der Waals surface area contributed by atoms with E-state index in [1.807, 2.05) is 0 Å². The zero-order valence-electron chi connectivity index (χ0n) is 15.1. The number of rotatable bonds is 3. The van der Waals surface area contributed by atoms with Crippen molar-refractivity contribution in [2.24, 2.45) is 17.8 Å². The summed E-state index contributed by atoms with van der Waals surface area (Å²) >= 11 is 0. The molecule has 0 bridgehead atoms. The third kappa shape index (κ3) is 2.58. The molecular weight excluding hydrogens is 356 g/mol. The van der Waals surface area contributed by atoms with Crippen LogP contribution in [0.4, 0.5) is 0 Å². The fourth-order valence-electron chi connectivity index (χ4n) is 4.87. The van der Waals surface area contributed by atoms with E-state index >= 15 is 0 Å². The Kier molecular flexibility index (Phi) is 4.05. The molecule has 0 aromatic rings. The van der Waals surface area contributed by atoms with Crippen molar-refractivity contribution in [2.45, 2.75) is 49.3 Å². The molecule has 0 aromatic carbocycles. The van der Waals surface area contributed by atoms with Gasteiger partial charge in [-0.3, -0.25) is 0 Å². The van der Waals surface area contributed by atoms with Crippen LogP contribution in [0, 0.1) is 17.8 Å². The molecule has 0 radical (unpaired) electrons. The number of carbonyl (C=O) groups excluding carboxylic acids is 2. The van der Waals surface area contributed by atoms with Crippen molar-refractivity contribution in [3.05, 3.63) is 24.3 Å². The Hall–Kier alpha value is -1.74. The van der Waals surface area contributed by atoms with Gasteiger partial charge in [0, 0.05) is 17.9 Å². The van der Waals surface area contributed by atoms with Gasteiger partial charge in [-0.15, -0.1) is 0 Å². The molecule has 0 amide bonds. The maximum absolute atomic E-state index is 12.3. The quantitative estimate of drug-likeness (QED) is 0.258. The van der Waals surface area contributed by atoms with Crippen molar-refractivity contribution in [3.8, 4) is 0 Å². The number of carbonyl (C=O) groups is 2. The molecule has 4 fully saturated rings. The lowest BCUT2D eigenvalue weighted by atomic mass is 9.78. The number of epoxide rings is 1. The highest BCUT2D eigenvalue weighted by Crippen LogP contribution is 2.60. The first-order valence-corrected chi connectivity index (χ1v) is 9.06. The second-order valence-electron chi connectivity index (χ2n) is 8.29. The summed E-state index contributed by atoms with van der Waals surface area (Å²) in [6.07, 6.45) is -1.47. The Balaban J connectivity index is 1.69. The molecule has 0 aromatic heterocycles. The Morgan fingerprint density at radius 2 is 2.11 bits per heavy atom. The van der Waals surface area contributed by atoms with Crippen LogP contribution in [0.5, 0.6) is 0 Å². The van der Waals surface area contributed by atoms with E-state index in [4.69, 9.17) is 14.2 Å². The van der Waals surface area contributed by atoms with E-state index in [0.29, 0.717) is 13.0 Å². The normalized spacial score (nSPS) is 45.0. The molecule has 2 aliphatic heterocycles. The third-order valence-corrected chi connectivity index (χ3v) is 6.53. The van der Waals surface area contributed by atoms with Crippen molar-refractivity contribution in [1.82, 2.24) is 0 Å². The second kappa shape index (κ2) is 5.88. The van der Waals surface area contributed by atoms with Crippen LogP contribution in [-0.4, -0.2) is 70.0 Å². The minimum Gasteiger partial charge on any atom is -0.459 e. The van der Waals surface area contributed by atoms with Gasteiger partial charge in [0.15, 0.2) is 5.60 Å². The van der Waals surface area contributed by atoms with Gasteiger partial charge in [0.05, 0.1) is 25.2 Å². The minimum atomic E-state index is -2.05. The van der Waals surface area contributed by atoms with Gasteiger partial charge in [-0.1, -0.05) is 18.7 Å². The molecule has 1 spiro atoms. The zero-order valence-corrected chi connectivity index (χ0v) is 15.1. The minimum absolute atomic E-state index is 0.143. The summed E-state index contributed by atoms with van der Waals surface area (Å²) in [6.45, 7) is 8.67. The number of ether oxygens (including phenoxy) is 3. The van der Waals surface area contributed by atoms with E-state index < -0.39 is 54.0 Å². The molecule has 148 valence electrons. The van der Waals surface area contributed by atoms with E-state index in [9.17, 15) is 24.9 Å². The topological polar surface area (TPSA) is 126 Å². The maximum atomic E-state index is 12.3. The molecule has 2 saturated carbocycles. The average molecular weight is 380 g/mol. The summed E-state index contributed by atoms with van der Waals surface area (Å²) in [4.78, 5) is 24.6. The number of hydrogen-bond donors (Lipinski definition) is 3. The molecule has 3 N–H and O–H groups in total. The molecule has 8 nitrogen and oxygen atoms in total. The molecule has 4 rings (SSSR count). The van der Waals surface area contributed by atoms with Gasteiger partial charge in [-0.25, -0.2) is 9.59 Å². The van der Waals surface area contributed by atoms with Gasteiger partial charge < -0.3 is 29.5 Å². The first-order chi connectivity index (χ1) is 12.6. The van der Waals surface area contributed by atoms with E-state index in [1.54, 1.807) is 0 Å². The van der Waals surface area contributed by atoms with Gasteiger partial charge in [0.25, 0.3) is 0 Å². The third-order valence-electron chi connectivity index (χ3n) is 6.53. The molecule has 8 heteroatoms. The first-order valence-electron chi connectivity index (χ1n) is 9.06. The van der Waals surface area contributed by atoms with Crippen LogP contribution in [0.15, 0.2) is 24.3 Å². The molecule has 8 atom stereocenters. The van der Waals surface area contributed by atoms with Crippen LogP contribution >= 0.6 is 0 Å². The predicted octanol–water partition coefficient (Wildman–Crippen LogP) is -0.535. The second-order valence-corrected chi connectivity index (χ2v) is 8.29. The summed E-state index contributed by atoms with van der Waals surface area (Å²) in [7, 11) is 0. The number of aliphatic hydroxyl groups is 3. The molecule has 27 heavy (non-hydrogen) atoms. The lowest BCUT2D eigenvalue weighted by molar-refractivity contribution is -0.176. The largest absolute Gasteiger partial charge is 0.459 e. The van der Waals surface area contributed by atoms with Gasteiger partial charge in [-0.05, 0) is 19.3 Å². The van der Waals surface area contributed by atoms with Gasteiger partial charge in [0.2, 0.25) is 0 Å². The van der Waals surface area contributed by atoms with E-state index in [2.05, 4.69) is 13.2 Å². The summed E-state index contributed by atoms with van der Waals surface area (Å²) in [5.74, 6) is -2.62. The lowest BCUT2D eigenvalue weighted by Crippen LogP contribution is -2.46. The monoisotopic (exact) mass is 380 g/mol. The highest BCUT2D eigenvalue weighted by Gasteiger charge is 2.71. The van der Waals surface area contributed by atoms with E-state index in [0.717, 1.165) is 12.5 Å². The molecular formula is C19H24O8. The molecule has 2 saturated heterocycles. The van der Waals surface area contributed by atoms with Gasteiger partial charge in [0.1, 0.15) is 17.8 Å². The Bertz CT molecular complexity index is 721. The Morgan fingerprint density at radius 1 is 1.44 bits per heavy atom. The van der Waals surface area contributed by atoms with Crippen LogP contribution in [-0.2, 0) is 23.8 Å². The highest BCUT2D eigenvalue weighted by molar-refractivity contribution is 5.91. The summed E-state index contributed by atoms with van der Waals surface area (Å²) in [5, 5.41) is 29.7. The number of aliphatic hydroxyl groups excluding tert-OH is 2. The fourth-order valence-corrected chi connectivity index (χ4v) is 4.87. The van der Waals surface area contributed by atoms with Crippen LogP contribution in [0.1, 0.15) is 19.8 Å². The maximum Gasteiger partial charge on any atom is 0.340 e. The molecule has 4 aliphatic rings. The Morgan fingerprint density at radius 3 is 2.70 bits per heavy atom. The van der Waals surface area contributed by atoms with Crippen LogP contribution in [0.3, 0.4) is 0 Å². The lowest BCUT2D eigenvalue weighted by Gasteiger charge is -2.31. The number of hydrogen-bond acceptors (Lipinski definition) is 8. The standard InChI is InChI=1S/C19H24O8/c1-8-4-11(26-17(23)18(3,24)6-20)13-9(2)16(22)27-15(13)14-10(8)5-12(21)19(14)7-25-19/h10-15,20-21,24H,1-2,4-7H2,3H3/t10-,11-,12-,13+,14-,15-,18+,19+/m0/s1. The average Bonchev–Trinajstić information content (AvgIpc) is 3.29. The number of fused-ring (bicyclic) bond motifs is 4. The fraction of sp³-hybridized carbons (Fsp3) is 0.684. The summed E-state index contributed by atoms with van der Waals surface area (Å²) in [5.41, 5.74) is -1.87. The van der Waals surface area contributed by atoms with Crippen molar-refractivity contribution in [3.63, 3.8) is 0 Å². The first kappa shape index (κ1) is 18.6. The SMILES string of the molecule is C=C1C(=O)O[C@H]2[C@H]1[C@@H](OC(=O)[C@](C)(O)CO)CC(=C)[C@@H]1C[C@H](O)[C@]3(CO3)[C@H]21. The van der Waals surface area contributed by atoms with Crippen molar-refractivity contribution >= 4 is 11.9 Å². The van der Waals surface area contributed by atoms with Crippen LogP contribution < -0.4 is 0 Å². The Labute approximate surface area is 156 Å². The van der Waals surface area contributed by atoms with Crippen molar-refractivity contribution < 1.29 is 39.1 Å². The molecule has 2 heterocycles. The van der Waals surface area contributed by atoms with Crippen molar-refractivity contribution in [1.29, 1.82) is 0 Å². The summed E-state index contributed by atoms with van der Waals surface area (Å²) in [6, 6.07) is 0. The summed E-state index contributed by atoms with van der Waals surface area (Å²) < 4.78 is 16.7. The molecule has 2 aliphatic carbocycles.